The highest BCUT2D eigenvalue weighted by Gasteiger charge is 2.25. The second-order valence-corrected chi connectivity index (χ2v) is 5.05. The van der Waals surface area contributed by atoms with Crippen molar-refractivity contribution < 1.29 is 9.47 Å². The molecule has 1 heterocycles. The number of hydrogen-bond acceptors (Lipinski definition) is 4. The standard InChI is InChI=1S/C16H24N2O2.2ClH/c1-5-13(18-8-6-17-7-9-18)16-14(19-3)10-12(2)11-15(16)20-4;;/h5,10-11,13,17H,1,6-9H2,2-4H3;2*1H/t13-;;/m1../s1. The topological polar surface area (TPSA) is 33.7 Å². The third-order valence-electron chi connectivity index (χ3n) is 3.75. The molecule has 0 radical (unpaired) electrons. The smallest absolute Gasteiger partial charge is 0.127 e. The lowest BCUT2D eigenvalue weighted by Gasteiger charge is -2.34. The van der Waals surface area contributed by atoms with E-state index in [1.807, 2.05) is 13.0 Å². The number of methoxy groups -OCH3 is 2. The molecule has 0 aromatic heterocycles. The van der Waals surface area contributed by atoms with Crippen molar-refractivity contribution in [3.8, 4) is 11.5 Å². The van der Waals surface area contributed by atoms with Gasteiger partial charge in [0, 0.05) is 26.2 Å². The Hall–Kier alpha value is -0.940. The van der Waals surface area contributed by atoms with E-state index >= 15 is 0 Å². The number of hydrogen-bond donors (Lipinski definition) is 1. The molecule has 6 heteroatoms. The molecule has 1 atom stereocenters. The molecule has 22 heavy (non-hydrogen) atoms. The van der Waals surface area contributed by atoms with Crippen molar-refractivity contribution >= 4 is 24.8 Å². The van der Waals surface area contributed by atoms with Crippen LogP contribution in [0.2, 0.25) is 0 Å². The van der Waals surface area contributed by atoms with Gasteiger partial charge in [-0.25, -0.2) is 0 Å². The van der Waals surface area contributed by atoms with E-state index in [0.29, 0.717) is 0 Å². The summed E-state index contributed by atoms with van der Waals surface area (Å²) in [6.07, 6.45) is 1.97. The number of ether oxygens (including phenoxy) is 2. The fraction of sp³-hybridized carbons (Fsp3) is 0.500. The van der Waals surface area contributed by atoms with Crippen molar-refractivity contribution in [1.29, 1.82) is 0 Å². The summed E-state index contributed by atoms with van der Waals surface area (Å²) >= 11 is 0. The highest BCUT2D eigenvalue weighted by molar-refractivity contribution is 5.85. The van der Waals surface area contributed by atoms with E-state index in [1.165, 1.54) is 0 Å². The largest absolute Gasteiger partial charge is 0.496 e. The number of piperazine rings is 1. The van der Waals surface area contributed by atoms with E-state index in [0.717, 1.165) is 48.8 Å². The Balaban J connectivity index is 0.00000220. The van der Waals surface area contributed by atoms with Gasteiger partial charge in [-0.3, -0.25) is 4.90 Å². The molecule has 0 bridgehead atoms. The summed E-state index contributed by atoms with van der Waals surface area (Å²) in [6, 6.07) is 4.22. The molecule has 0 amide bonds. The van der Waals surface area contributed by atoms with Gasteiger partial charge in [0.05, 0.1) is 25.8 Å². The lowest BCUT2D eigenvalue weighted by Crippen LogP contribution is -2.44. The van der Waals surface area contributed by atoms with Gasteiger partial charge in [-0.1, -0.05) is 6.08 Å². The summed E-state index contributed by atoms with van der Waals surface area (Å²) in [5.41, 5.74) is 2.20. The molecule has 0 spiro atoms. The highest BCUT2D eigenvalue weighted by atomic mass is 35.5. The zero-order chi connectivity index (χ0) is 14.5. The fourth-order valence-electron chi connectivity index (χ4n) is 2.77. The second-order valence-electron chi connectivity index (χ2n) is 5.05. The van der Waals surface area contributed by atoms with E-state index < -0.39 is 0 Å². The van der Waals surface area contributed by atoms with Crippen LogP contribution in [0.25, 0.3) is 0 Å². The minimum absolute atomic E-state index is 0. The zero-order valence-electron chi connectivity index (χ0n) is 13.4. The number of rotatable bonds is 5. The molecule has 1 aromatic rings. The van der Waals surface area contributed by atoms with Crippen LogP contribution in [-0.2, 0) is 0 Å². The minimum Gasteiger partial charge on any atom is -0.496 e. The van der Waals surface area contributed by atoms with Gasteiger partial charge in [0.25, 0.3) is 0 Å². The quantitative estimate of drug-likeness (QED) is 0.829. The van der Waals surface area contributed by atoms with Gasteiger partial charge < -0.3 is 14.8 Å². The third-order valence-corrected chi connectivity index (χ3v) is 3.75. The number of halogens is 2. The lowest BCUT2D eigenvalue weighted by atomic mass is 10.00. The van der Waals surface area contributed by atoms with E-state index in [4.69, 9.17) is 9.47 Å². The SMILES string of the molecule is C=C[C@H](c1c(OC)cc(C)cc1OC)N1CCNCC1.Cl.Cl. The molecular weight excluding hydrogens is 323 g/mol. The lowest BCUT2D eigenvalue weighted by molar-refractivity contribution is 0.197. The molecule has 4 nitrogen and oxygen atoms in total. The van der Waals surface area contributed by atoms with Crippen molar-refractivity contribution in [3.63, 3.8) is 0 Å². The summed E-state index contributed by atoms with van der Waals surface area (Å²) in [5, 5.41) is 3.37. The van der Waals surface area contributed by atoms with E-state index in [-0.39, 0.29) is 30.9 Å². The first kappa shape index (κ1) is 21.1. The second kappa shape index (κ2) is 9.95. The van der Waals surface area contributed by atoms with Crippen LogP contribution in [0.3, 0.4) is 0 Å². The number of nitrogens with one attached hydrogen (secondary N) is 1. The Morgan fingerprint density at radius 3 is 2.05 bits per heavy atom. The van der Waals surface area contributed by atoms with Crippen molar-refractivity contribution in [2.75, 3.05) is 40.4 Å². The summed E-state index contributed by atoms with van der Waals surface area (Å²) in [4.78, 5) is 2.40. The number of benzene rings is 1. The Kier molecular flexibility index (Phi) is 9.53. The Morgan fingerprint density at radius 2 is 1.64 bits per heavy atom. The van der Waals surface area contributed by atoms with Crippen LogP contribution >= 0.6 is 24.8 Å². The van der Waals surface area contributed by atoms with Crippen LogP contribution in [0.1, 0.15) is 17.2 Å². The molecule has 126 valence electrons. The van der Waals surface area contributed by atoms with Crippen molar-refractivity contribution in [3.05, 3.63) is 35.9 Å². The van der Waals surface area contributed by atoms with Crippen LogP contribution < -0.4 is 14.8 Å². The zero-order valence-corrected chi connectivity index (χ0v) is 15.1. The summed E-state index contributed by atoms with van der Waals surface area (Å²) in [6.45, 7) is 10.1. The third kappa shape index (κ3) is 4.53. The van der Waals surface area contributed by atoms with Crippen LogP contribution in [0.4, 0.5) is 0 Å². The van der Waals surface area contributed by atoms with Gasteiger partial charge in [-0.15, -0.1) is 31.4 Å². The Bertz CT molecular complexity index is 452. The van der Waals surface area contributed by atoms with Crippen LogP contribution in [0.15, 0.2) is 24.8 Å². The van der Waals surface area contributed by atoms with Gasteiger partial charge in [0.2, 0.25) is 0 Å². The number of nitrogens with zero attached hydrogens (tertiary/aromatic N) is 1. The predicted octanol–water partition coefficient (Wildman–Crippen LogP) is 2.99. The fourth-order valence-corrected chi connectivity index (χ4v) is 2.77. The van der Waals surface area contributed by atoms with Crippen LogP contribution in [0.5, 0.6) is 11.5 Å². The molecule has 1 fully saturated rings. The summed E-state index contributed by atoms with van der Waals surface area (Å²) in [5.74, 6) is 1.73. The normalized spacial score (nSPS) is 16.0. The maximum atomic E-state index is 5.57. The maximum Gasteiger partial charge on any atom is 0.127 e. The van der Waals surface area contributed by atoms with Gasteiger partial charge in [0.15, 0.2) is 0 Å². The molecule has 2 rings (SSSR count). The predicted molar refractivity (Wildman–Crippen MR) is 96.2 cm³/mol. The Morgan fingerprint density at radius 1 is 1.14 bits per heavy atom. The Labute approximate surface area is 145 Å². The molecule has 1 aliphatic heterocycles. The summed E-state index contributed by atoms with van der Waals surface area (Å²) < 4.78 is 11.1. The minimum atomic E-state index is 0. The monoisotopic (exact) mass is 348 g/mol. The molecule has 1 aliphatic rings. The van der Waals surface area contributed by atoms with Gasteiger partial charge in [-0.05, 0) is 24.6 Å². The van der Waals surface area contributed by atoms with Crippen molar-refractivity contribution in [1.82, 2.24) is 10.2 Å². The van der Waals surface area contributed by atoms with Crippen LogP contribution in [0, 0.1) is 6.92 Å². The summed E-state index contributed by atoms with van der Waals surface area (Å²) in [7, 11) is 3.41. The molecular formula is C16H26Cl2N2O2. The molecule has 1 saturated heterocycles. The first-order valence-electron chi connectivity index (χ1n) is 7.01. The van der Waals surface area contributed by atoms with E-state index in [9.17, 15) is 0 Å². The molecule has 0 unspecified atom stereocenters. The van der Waals surface area contributed by atoms with E-state index in [1.54, 1.807) is 14.2 Å². The van der Waals surface area contributed by atoms with Crippen molar-refractivity contribution in [2.24, 2.45) is 0 Å². The first-order valence-corrected chi connectivity index (χ1v) is 7.01. The number of aryl methyl sites for hydroxylation is 1. The van der Waals surface area contributed by atoms with Crippen molar-refractivity contribution in [2.45, 2.75) is 13.0 Å². The average molecular weight is 349 g/mol. The molecule has 1 N–H and O–H groups in total. The first-order chi connectivity index (χ1) is 9.71. The van der Waals surface area contributed by atoms with Gasteiger partial charge in [-0.2, -0.15) is 0 Å². The van der Waals surface area contributed by atoms with Crippen LogP contribution in [-0.4, -0.2) is 45.3 Å². The molecule has 1 aromatic carbocycles. The maximum absolute atomic E-state index is 5.57. The highest BCUT2D eigenvalue weighted by Crippen LogP contribution is 2.38. The van der Waals surface area contributed by atoms with E-state index in [2.05, 4.69) is 28.9 Å². The van der Waals surface area contributed by atoms with Gasteiger partial charge >= 0.3 is 0 Å². The molecule has 0 aliphatic carbocycles. The average Bonchev–Trinajstić information content (AvgIpc) is 2.49. The molecule has 0 saturated carbocycles. The van der Waals surface area contributed by atoms with Gasteiger partial charge in [0.1, 0.15) is 11.5 Å².